The third kappa shape index (κ3) is 1.81. The van der Waals surface area contributed by atoms with Crippen molar-refractivity contribution in [3.05, 3.63) is 22.8 Å². The summed E-state index contributed by atoms with van der Waals surface area (Å²) in [7, 11) is 0. The van der Waals surface area contributed by atoms with Gasteiger partial charge in [0, 0.05) is 21.8 Å². The maximum atomic E-state index is 12.3. The SMILES string of the molecule is CC12C(=CC(=O)[C@@H]3C[C@@H]31)C(Cl)=CC1C2CCC2(C)C1CC[C@]2(O)C(=O)Cl. The van der Waals surface area contributed by atoms with Gasteiger partial charge in [-0.25, -0.2) is 0 Å². The van der Waals surface area contributed by atoms with E-state index in [1.807, 2.05) is 6.92 Å². The molecular weight excluding hydrogens is 371 g/mol. The van der Waals surface area contributed by atoms with E-state index in [4.69, 9.17) is 23.2 Å². The molecule has 5 heteroatoms. The summed E-state index contributed by atoms with van der Waals surface area (Å²) in [6.45, 7) is 4.32. The second-order valence-electron chi connectivity index (χ2n) is 9.63. The molecule has 0 saturated heterocycles. The third-order valence-electron chi connectivity index (χ3n) is 8.97. The molecule has 3 fully saturated rings. The first kappa shape index (κ1) is 17.5. The molecule has 0 aromatic heterocycles. The van der Waals surface area contributed by atoms with E-state index in [1.54, 1.807) is 6.08 Å². The van der Waals surface area contributed by atoms with Gasteiger partial charge in [-0.05, 0) is 79.0 Å². The van der Waals surface area contributed by atoms with Crippen LogP contribution in [0.1, 0.15) is 46.0 Å². The molecule has 0 spiro atoms. The molecule has 26 heavy (non-hydrogen) atoms. The Morgan fingerprint density at radius 1 is 1.19 bits per heavy atom. The van der Waals surface area contributed by atoms with Crippen LogP contribution in [-0.4, -0.2) is 21.7 Å². The molecular formula is C21H24Cl2O3. The van der Waals surface area contributed by atoms with Gasteiger partial charge in [-0.2, -0.15) is 0 Å². The van der Waals surface area contributed by atoms with Gasteiger partial charge in [-0.1, -0.05) is 31.5 Å². The molecule has 3 saturated carbocycles. The average molecular weight is 395 g/mol. The van der Waals surface area contributed by atoms with Gasteiger partial charge in [-0.3, -0.25) is 9.59 Å². The maximum absolute atomic E-state index is 12.3. The molecule has 0 heterocycles. The summed E-state index contributed by atoms with van der Waals surface area (Å²) in [6.07, 6.45) is 7.80. The van der Waals surface area contributed by atoms with Gasteiger partial charge in [0.25, 0.3) is 5.24 Å². The Morgan fingerprint density at radius 3 is 2.58 bits per heavy atom. The predicted molar refractivity (Wildman–Crippen MR) is 99.6 cm³/mol. The van der Waals surface area contributed by atoms with Crippen LogP contribution in [0, 0.1) is 40.4 Å². The molecule has 0 aromatic carbocycles. The fourth-order valence-corrected chi connectivity index (χ4v) is 8.02. The van der Waals surface area contributed by atoms with Crippen LogP contribution < -0.4 is 0 Å². The molecule has 0 radical (unpaired) electrons. The maximum Gasteiger partial charge on any atom is 0.253 e. The number of carbonyl (C=O) groups excluding carboxylic acids is 2. The molecule has 0 aromatic rings. The molecule has 5 aliphatic carbocycles. The van der Waals surface area contributed by atoms with Crippen LogP contribution in [-0.2, 0) is 9.59 Å². The van der Waals surface area contributed by atoms with Gasteiger partial charge in [0.1, 0.15) is 5.60 Å². The molecule has 1 N–H and O–H groups in total. The standard InChI is InChI=1S/C21H24Cl2O3/c1-19-5-3-13-10(12(19)4-6-21(19,26)18(23)25)8-16(22)15-9-17(24)11-7-14(11)20(13,15)2/h8-14,26H,3-7H2,1-2H3/t10?,11-,12?,13?,14+,19?,20?,21+/m1/s1. The Labute approximate surface area is 163 Å². The number of halogens is 2. The molecule has 140 valence electrons. The van der Waals surface area contributed by atoms with E-state index in [2.05, 4.69) is 13.0 Å². The highest BCUT2D eigenvalue weighted by Gasteiger charge is 2.69. The van der Waals surface area contributed by atoms with Crippen molar-refractivity contribution in [2.24, 2.45) is 40.4 Å². The van der Waals surface area contributed by atoms with Crippen molar-refractivity contribution in [2.75, 3.05) is 0 Å². The van der Waals surface area contributed by atoms with E-state index in [1.165, 1.54) is 0 Å². The molecule has 5 rings (SSSR count). The van der Waals surface area contributed by atoms with Gasteiger partial charge in [0.2, 0.25) is 0 Å². The van der Waals surface area contributed by atoms with Gasteiger partial charge >= 0.3 is 0 Å². The Kier molecular flexibility index (Phi) is 3.38. The number of hydrogen-bond donors (Lipinski definition) is 1. The quantitative estimate of drug-likeness (QED) is 0.677. The highest BCUT2D eigenvalue weighted by molar-refractivity contribution is 6.65. The van der Waals surface area contributed by atoms with Gasteiger partial charge in [0.05, 0.1) is 0 Å². The number of rotatable bonds is 1. The van der Waals surface area contributed by atoms with Crippen LogP contribution >= 0.6 is 23.2 Å². The molecule has 0 bridgehead atoms. The van der Waals surface area contributed by atoms with Crippen molar-refractivity contribution in [1.29, 1.82) is 0 Å². The summed E-state index contributed by atoms with van der Waals surface area (Å²) in [4.78, 5) is 24.4. The predicted octanol–water partition coefficient (Wildman–Crippen LogP) is 4.21. The zero-order valence-electron chi connectivity index (χ0n) is 15.1. The van der Waals surface area contributed by atoms with Gasteiger partial charge < -0.3 is 5.11 Å². The molecule has 5 unspecified atom stereocenters. The van der Waals surface area contributed by atoms with Crippen molar-refractivity contribution >= 4 is 34.2 Å². The van der Waals surface area contributed by atoms with Crippen LogP contribution in [0.4, 0.5) is 0 Å². The van der Waals surface area contributed by atoms with Crippen LogP contribution in [0.2, 0.25) is 0 Å². The topological polar surface area (TPSA) is 54.4 Å². The van der Waals surface area contributed by atoms with Crippen molar-refractivity contribution in [3.63, 3.8) is 0 Å². The first-order valence-corrected chi connectivity index (χ1v) is 10.5. The van der Waals surface area contributed by atoms with Crippen LogP contribution in [0.15, 0.2) is 22.8 Å². The van der Waals surface area contributed by atoms with Crippen molar-refractivity contribution < 1.29 is 14.7 Å². The van der Waals surface area contributed by atoms with Crippen LogP contribution in [0.3, 0.4) is 0 Å². The minimum Gasteiger partial charge on any atom is -0.380 e. The van der Waals surface area contributed by atoms with Gasteiger partial charge in [-0.15, -0.1) is 0 Å². The van der Waals surface area contributed by atoms with E-state index < -0.39 is 16.3 Å². The second kappa shape index (κ2) is 5.04. The van der Waals surface area contributed by atoms with Crippen molar-refractivity contribution in [3.8, 4) is 0 Å². The van der Waals surface area contributed by atoms with E-state index in [0.29, 0.717) is 23.3 Å². The molecule has 8 atom stereocenters. The number of hydrogen-bond acceptors (Lipinski definition) is 3. The summed E-state index contributed by atoms with van der Waals surface area (Å²) in [6, 6.07) is 0. The zero-order chi connectivity index (χ0) is 18.6. The summed E-state index contributed by atoms with van der Waals surface area (Å²) >= 11 is 12.5. The van der Waals surface area contributed by atoms with Crippen LogP contribution in [0.25, 0.3) is 0 Å². The summed E-state index contributed by atoms with van der Waals surface area (Å²) in [5.41, 5.74) is -0.991. The number of aliphatic hydroxyl groups is 1. The Balaban J connectivity index is 1.62. The highest BCUT2D eigenvalue weighted by atomic mass is 35.5. The van der Waals surface area contributed by atoms with Crippen LogP contribution in [0.5, 0.6) is 0 Å². The molecule has 0 amide bonds. The largest absolute Gasteiger partial charge is 0.380 e. The lowest BCUT2D eigenvalue weighted by atomic mass is 9.48. The summed E-state index contributed by atoms with van der Waals surface area (Å²) in [5.74, 6) is 1.62. The minimum absolute atomic E-state index is 0.0674. The third-order valence-corrected chi connectivity index (χ3v) is 9.61. The lowest BCUT2D eigenvalue weighted by Gasteiger charge is -2.57. The molecule has 0 aliphatic heterocycles. The Bertz CT molecular complexity index is 801. The minimum atomic E-state index is -1.44. The first-order valence-electron chi connectivity index (χ1n) is 9.70. The van der Waals surface area contributed by atoms with E-state index >= 15 is 0 Å². The second-order valence-corrected chi connectivity index (χ2v) is 10.4. The average Bonchev–Trinajstić information content (AvgIpc) is 3.33. The lowest BCUT2D eigenvalue weighted by Crippen LogP contribution is -2.56. The number of fused-ring (bicyclic) bond motifs is 7. The molecule has 3 nitrogen and oxygen atoms in total. The number of allylic oxidation sites excluding steroid dienone is 4. The summed E-state index contributed by atoms with van der Waals surface area (Å²) in [5, 5.41) is 11.2. The smallest absolute Gasteiger partial charge is 0.253 e. The van der Waals surface area contributed by atoms with Crippen molar-refractivity contribution in [1.82, 2.24) is 0 Å². The molecule has 5 aliphatic rings. The summed E-state index contributed by atoms with van der Waals surface area (Å²) < 4.78 is 0. The van der Waals surface area contributed by atoms with Gasteiger partial charge in [0.15, 0.2) is 5.78 Å². The van der Waals surface area contributed by atoms with Crippen molar-refractivity contribution in [2.45, 2.75) is 51.6 Å². The highest BCUT2D eigenvalue weighted by Crippen LogP contribution is 2.72. The Morgan fingerprint density at radius 2 is 1.88 bits per heavy atom. The van der Waals surface area contributed by atoms with E-state index in [9.17, 15) is 14.7 Å². The number of carbonyl (C=O) groups is 2. The first-order chi connectivity index (χ1) is 12.1. The van der Waals surface area contributed by atoms with E-state index in [0.717, 1.165) is 31.3 Å². The fraction of sp³-hybridized carbons (Fsp3) is 0.714. The lowest BCUT2D eigenvalue weighted by molar-refractivity contribution is -0.150. The zero-order valence-corrected chi connectivity index (χ0v) is 16.6. The fourth-order valence-electron chi connectivity index (χ4n) is 7.30. The normalized spacial score (nSPS) is 54.3. The van der Waals surface area contributed by atoms with E-state index in [-0.39, 0.29) is 29.0 Å². The Hall–Kier alpha value is -0.640. The number of ketones is 1. The monoisotopic (exact) mass is 394 g/mol.